The average Bonchev–Trinajstić information content (AvgIpc) is 3.31. The van der Waals surface area contributed by atoms with Crippen LogP contribution in [0, 0.1) is 11.8 Å². The van der Waals surface area contributed by atoms with Crippen molar-refractivity contribution in [3.8, 4) is 0 Å². The summed E-state index contributed by atoms with van der Waals surface area (Å²) in [5.41, 5.74) is 1.70. The number of halogens is 1. The number of amides is 1. The molecule has 1 saturated carbocycles. The number of aromatic nitrogens is 2. The van der Waals surface area contributed by atoms with Gasteiger partial charge in [-0.3, -0.25) is 14.3 Å². The molecule has 2 fully saturated rings. The van der Waals surface area contributed by atoms with E-state index in [0.29, 0.717) is 24.9 Å². The number of nitrogens with one attached hydrogen (secondary N) is 1. The summed E-state index contributed by atoms with van der Waals surface area (Å²) in [5.74, 6) is -0.309. The molecule has 7 nitrogen and oxygen atoms in total. The van der Waals surface area contributed by atoms with Gasteiger partial charge in [0.2, 0.25) is 0 Å². The van der Waals surface area contributed by atoms with Gasteiger partial charge >= 0.3 is 5.97 Å². The molecule has 2 aliphatic rings. The summed E-state index contributed by atoms with van der Waals surface area (Å²) < 4.78 is 1.90. The number of rotatable bonds is 8. The lowest BCUT2D eigenvalue weighted by Crippen LogP contribution is -2.42. The van der Waals surface area contributed by atoms with Crippen LogP contribution in [0.3, 0.4) is 0 Å². The highest BCUT2D eigenvalue weighted by molar-refractivity contribution is 5.94. The topological polar surface area (TPSA) is 87.5 Å². The molecule has 1 aliphatic heterocycles. The molecular weight excluding hydrogens is 440 g/mol. The first-order valence-electron chi connectivity index (χ1n) is 11.9. The number of hydrogen-bond acceptors (Lipinski definition) is 4. The largest absolute Gasteiger partial charge is 0.481 e. The second-order valence-electron chi connectivity index (χ2n) is 9.24. The predicted octanol–water partition coefficient (Wildman–Crippen LogP) is 3.98. The van der Waals surface area contributed by atoms with Crippen LogP contribution >= 0.6 is 12.4 Å². The highest BCUT2D eigenvalue weighted by atomic mass is 35.5. The second kappa shape index (κ2) is 12.2. The molecule has 0 bridgehead atoms. The van der Waals surface area contributed by atoms with Crippen LogP contribution in [0.1, 0.15) is 60.9 Å². The Morgan fingerprint density at radius 1 is 1.06 bits per heavy atom. The van der Waals surface area contributed by atoms with Crippen molar-refractivity contribution in [2.75, 3.05) is 13.1 Å². The van der Waals surface area contributed by atoms with Crippen LogP contribution in [0.25, 0.3) is 0 Å². The minimum absolute atomic E-state index is 0. The van der Waals surface area contributed by atoms with Crippen LogP contribution in [0.2, 0.25) is 0 Å². The zero-order valence-corrected chi connectivity index (χ0v) is 19.9. The SMILES string of the molecule is Cl.O=C(c1cnn(CCC2CCNCC2)c1)N(Cc1ccccc1)[C@H]1CC[C@H](C(=O)O)CC1. The summed E-state index contributed by atoms with van der Waals surface area (Å²) in [7, 11) is 0. The van der Waals surface area contributed by atoms with Crippen molar-refractivity contribution in [2.45, 2.75) is 64.1 Å². The lowest BCUT2D eigenvalue weighted by molar-refractivity contribution is -0.143. The van der Waals surface area contributed by atoms with E-state index < -0.39 is 5.97 Å². The molecule has 1 aromatic carbocycles. The van der Waals surface area contributed by atoms with Gasteiger partial charge in [0.1, 0.15) is 0 Å². The number of aliphatic carboxylic acids is 1. The van der Waals surface area contributed by atoms with Crippen molar-refractivity contribution in [2.24, 2.45) is 11.8 Å². The number of aryl methyl sites for hydroxylation is 1. The van der Waals surface area contributed by atoms with Crippen molar-refractivity contribution < 1.29 is 14.7 Å². The molecular formula is C25H35ClN4O3. The van der Waals surface area contributed by atoms with E-state index in [1.807, 2.05) is 46.1 Å². The number of nitrogens with zero attached hydrogens (tertiary/aromatic N) is 3. The first-order valence-corrected chi connectivity index (χ1v) is 11.9. The van der Waals surface area contributed by atoms with Gasteiger partial charge in [0.15, 0.2) is 0 Å². The van der Waals surface area contributed by atoms with Crippen LogP contribution in [0.5, 0.6) is 0 Å². The summed E-state index contributed by atoms with van der Waals surface area (Å²) in [6.45, 7) is 3.54. The number of benzene rings is 1. The van der Waals surface area contributed by atoms with Crippen LogP contribution < -0.4 is 5.32 Å². The molecule has 4 rings (SSSR count). The quantitative estimate of drug-likeness (QED) is 0.604. The van der Waals surface area contributed by atoms with E-state index in [1.165, 1.54) is 12.8 Å². The van der Waals surface area contributed by atoms with Gasteiger partial charge in [-0.1, -0.05) is 30.3 Å². The number of carbonyl (C=O) groups excluding carboxylic acids is 1. The Hall–Kier alpha value is -2.38. The number of carbonyl (C=O) groups is 2. The van der Waals surface area contributed by atoms with Crippen LogP contribution in [0.4, 0.5) is 0 Å². The fourth-order valence-electron chi connectivity index (χ4n) is 5.03. The molecule has 1 saturated heterocycles. The maximum Gasteiger partial charge on any atom is 0.306 e. The molecule has 2 heterocycles. The van der Waals surface area contributed by atoms with Gasteiger partial charge in [-0.25, -0.2) is 0 Å². The Labute approximate surface area is 202 Å². The van der Waals surface area contributed by atoms with Gasteiger partial charge in [0.25, 0.3) is 5.91 Å². The van der Waals surface area contributed by atoms with E-state index in [2.05, 4.69) is 10.4 Å². The lowest BCUT2D eigenvalue weighted by Gasteiger charge is -2.36. The van der Waals surface area contributed by atoms with Gasteiger partial charge in [-0.2, -0.15) is 5.10 Å². The highest BCUT2D eigenvalue weighted by Crippen LogP contribution is 2.30. The normalized spacial score (nSPS) is 21.2. The van der Waals surface area contributed by atoms with E-state index in [9.17, 15) is 14.7 Å². The molecule has 1 aromatic heterocycles. The molecule has 2 aromatic rings. The zero-order valence-electron chi connectivity index (χ0n) is 19.1. The van der Waals surface area contributed by atoms with E-state index in [-0.39, 0.29) is 30.3 Å². The third-order valence-corrected chi connectivity index (χ3v) is 7.05. The van der Waals surface area contributed by atoms with Gasteiger partial charge < -0.3 is 15.3 Å². The number of carboxylic acids is 1. The van der Waals surface area contributed by atoms with Gasteiger partial charge in [-0.15, -0.1) is 12.4 Å². The second-order valence-corrected chi connectivity index (χ2v) is 9.24. The summed E-state index contributed by atoms with van der Waals surface area (Å²) in [6.07, 6.45) is 9.74. The Balaban J connectivity index is 0.00000306. The van der Waals surface area contributed by atoms with Crippen LogP contribution in [-0.4, -0.2) is 50.8 Å². The molecule has 0 radical (unpaired) electrons. The smallest absolute Gasteiger partial charge is 0.306 e. The molecule has 33 heavy (non-hydrogen) atoms. The summed E-state index contributed by atoms with van der Waals surface area (Å²) >= 11 is 0. The highest BCUT2D eigenvalue weighted by Gasteiger charge is 2.32. The van der Waals surface area contributed by atoms with Crippen molar-refractivity contribution in [3.05, 3.63) is 53.9 Å². The average molecular weight is 475 g/mol. The van der Waals surface area contributed by atoms with Crippen molar-refractivity contribution >= 4 is 24.3 Å². The van der Waals surface area contributed by atoms with Gasteiger partial charge in [0.05, 0.1) is 17.7 Å². The molecule has 1 amide bonds. The summed E-state index contributed by atoms with van der Waals surface area (Å²) in [5, 5.41) is 17.2. The zero-order chi connectivity index (χ0) is 22.3. The standard InChI is InChI=1S/C25H34N4O3.ClH/c30-24(22-16-27-28(18-22)15-12-19-10-13-26-14-11-19)29(17-20-4-2-1-3-5-20)23-8-6-21(7-9-23)25(31)32;/h1-5,16,18-19,21,23,26H,6-15,17H2,(H,31,32);1H/t21-,23-;. The van der Waals surface area contributed by atoms with Gasteiger partial charge in [0, 0.05) is 25.3 Å². The fourth-order valence-corrected chi connectivity index (χ4v) is 5.03. The van der Waals surface area contributed by atoms with E-state index >= 15 is 0 Å². The Bertz CT molecular complexity index is 890. The molecule has 0 unspecified atom stereocenters. The number of carboxylic acid groups (broad SMARTS) is 1. The maximum absolute atomic E-state index is 13.5. The first kappa shape index (κ1) is 25.2. The molecule has 180 valence electrons. The molecule has 2 N–H and O–H groups in total. The summed E-state index contributed by atoms with van der Waals surface area (Å²) in [4.78, 5) is 26.8. The van der Waals surface area contributed by atoms with E-state index in [0.717, 1.165) is 50.4 Å². The van der Waals surface area contributed by atoms with Crippen molar-refractivity contribution in [1.82, 2.24) is 20.0 Å². The van der Waals surface area contributed by atoms with E-state index in [1.54, 1.807) is 6.20 Å². The maximum atomic E-state index is 13.5. The Morgan fingerprint density at radius 3 is 2.42 bits per heavy atom. The third kappa shape index (κ3) is 6.81. The molecule has 1 aliphatic carbocycles. The third-order valence-electron chi connectivity index (χ3n) is 7.05. The number of hydrogen-bond donors (Lipinski definition) is 2. The van der Waals surface area contributed by atoms with E-state index in [4.69, 9.17) is 0 Å². The van der Waals surface area contributed by atoms with Crippen molar-refractivity contribution in [3.63, 3.8) is 0 Å². The molecule has 8 heteroatoms. The van der Waals surface area contributed by atoms with Crippen molar-refractivity contribution in [1.29, 1.82) is 0 Å². The predicted molar refractivity (Wildman–Crippen MR) is 129 cm³/mol. The fraction of sp³-hybridized carbons (Fsp3) is 0.560. The lowest BCUT2D eigenvalue weighted by atomic mass is 9.85. The Kier molecular flexibility index (Phi) is 9.32. The van der Waals surface area contributed by atoms with Crippen LogP contribution in [0.15, 0.2) is 42.7 Å². The minimum Gasteiger partial charge on any atom is -0.481 e. The van der Waals surface area contributed by atoms with Gasteiger partial charge in [-0.05, 0) is 69.5 Å². The summed E-state index contributed by atoms with van der Waals surface area (Å²) in [6, 6.07) is 10.1. The molecule has 0 spiro atoms. The number of piperidine rings is 1. The molecule has 0 atom stereocenters. The first-order chi connectivity index (χ1) is 15.6. The minimum atomic E-state index is -0.723. The monoisotopic (exact) mass is 474 g/mol. The van der Waals surface area contributed by atoms with Crippen LogP contribution in [-0.2, 0) is 17.9 Å². The Morgan fingerprint density at radius 2 is 1.76 bits per heavy atom.